The molecule has 1 aromatic heterocycles. The average molecular weight is 172 g/mol. The number of thiophene rings is 1. The maximum absolute atomic E-state index is 9.46. The normalized spacial score (nSPS) is 13.0. The number of methoxy groups -OCH3 is 1. The summed E-state index contributed by atoms with van der Waals surface area (Å²) in [6, 6.07) is 1.87. The summed E-state index contributed by atoms with van der Waals surface area (Å²) >= 11 is 1.53. The third kappa shape index (κ3) is 1.73. The van der Waals surface area contributed by atoms with E-state index in [4.69, 9.17) is 4.74 Å². The van der Waals surface area contributed by atoms with Crippen molar-refractivity contribution in [2.75, 3.05) is 7.11 Å². The van der Waals surface area contributed by atoms with Gasteiger partial charge in [0.25, 0.3) is 0 Å². The molecule has 1 rings (SSSR count). The fourth-order valence-corrected chi connectivity index (χ4v) is 1.84. The predicted molar refractivity (Wildman–Crippen MR) is 46.1 cm³/mol. The Bertz CT molecular complexity index is 220. The summed E-state index contributed by atoms with van der Waals surface area (Å²) in [5.74, 6) is 0.796. The summed E-state index contributed by atoms with van der Waals surface area (Å²) in [4.78, 5) is 0.926. The second-order valence-electron chi connectivity index (χ2n) is 2.28. The van der Waals surface area contributed by atoms with Crippen LogP contribution in [-0.4, -0.2) is 12.2 Å². The van der Waals surface area contributed by atoms with Gasteiger partial charge in [-0.3, -0.25) is 0 Å². The Labute approximate surface area is 70.4 Å². The Morgan fingerprint density at radius 1 is 1.73 bits per heavy atom. The molecule has 0 aromatic carbocycles. The molecule has 1 atom stereocenters. The lowest BCUT2D eigenvalue weighted by atomic mass is 10.2. The highest BCUT2D eigenvalue weighted by Gasteiger charge is 2.11. The van der Waals surface area contributed by atoms with Gasteiger partial charge in [0.05, 0.1) is 18.1 Å². The van der Waals surface area contributed by atoms with Crippen LogP contribution in [-0.2, 0) is 0 Å². The Morgan fingerprint density at radius 2 is 2.45 bits per heavy atom. The summed E-state index contributed by atoms with van der Waals surface area (Å²) in [5.41, 5.74) is 0. The van der Waals surface area contributed by atoms with Crippen molar-refractivity contribution in [3.63, 3.8) is 0 Å². The molecule has 0 saturated heterocycles. The molecule has 0 spiro atoms. The summed E-state index contributed by atoms with van der Waals surface area (Å²) in [7, 11) is 1.62. The van der Waals surface area contributed by atoms with E-state index in [1.54, 1.807) is 7.11 Å². The molecule has 11 heavy (non-hydrogen) atoms. The second kappa shape index (κ2) is 3.74. The van der Waals surface area contributed by atoms with E-state index in [-0.39, 0.29) is 6.10 Å². The first kappa shape index (κ1) is 8.56. The van der Waals surface area contributed by atoms with E-state index < -0.39 is 0 Å². The van der Waals surface area contributed by atoms with Gasteiger partial charge in [0.1, 0.15) is 5.75 Å². The third-order valence-corrected chi connectivity index (χ3v) is 2.57. The molecule has 0 bridgehead atoms. The maximum Gasteiger partial charge on any atom is 0.135 e. The Kier molecular flexibility index (Phi) is 2.91. The van der Waals surface area contributed by atoms with Crippen molar-refractivity contribution in [2.24, 2.45) is 0 Å². The van der Waals surface area contributed by atoms with Crippen LogP contribution in [0.15, 0.2) is 11.4 Å². The number of ether oxygens (including phenoxy) is 1. The highest BCUT2D eigenvalue weighted by molar-refractivity contribution is 7.10. The van der Waals surface area contributed by atoms with Gasteiger partial charge in [-0.1, -0.05) is 6.92 Å². The fourth-order valence-electron chi connectivity index (χ4n) is 0.906. The van der Waals surface area contributed by atoms with E-state index in [1.165, 1.54) is 11.3 Å². The molecule has 1 aromatic rings. The van der Waals surface area contributed by atoms with Crippen molar-refractivity contribution in [1.29, 1.82) is 0 Å². The highest BCUT2D eigenvalue weighted by Crippen LogP contribution is 2.31. The summed E-state index contributed by atoms with van der Waals surface area (Å²) in [6.07, 6.45) is 0.363. The predicted octanol–water partition coefficient (Wildman–Crippen LogP) is 2.20. The number of hydrogen-bond acceptors (Lipinski definition) is 3. The van der Waals surface area contributed by atoms with Crippen LogP contribution in [0.4, 0.5) is 0 Å². The average Bonchev–Trinajstić information content (AvgIpc) is 2.50. The van der Waals surface area contributed by atoms with Crippen molar-refractivity contribution in [3.05, 3.63) is 16.3 Å². The van der Waals surface area contributed by atoms with E-state index >= 15 is 0 Å². The van der Waals surface area contributed by atoms with E-state index in [1.807, 2.05) is 18.4 Å². The molecule has 0 aliphatic carbocycles. The van der Waals surface area contributed by atoms with Crippen molar-refractivity contribution in [1.82, 2.24) is 0 Å². The first-order valence-corrected chi connectivity index (χ1v) is 4.47. The molecule has 0 aliphatic rings. The van der Waals surface area contributed by atoms with Crippen LogP contribution in [0, 0.1) is 0 Å². The number of hydrogen-bond donors (Lipinski definition) is 1. The number of aliphatic hydroxyl groups is 1. The molecule has 0 saturated carbocycles. The Balaban J connectivity index is 2.83. The molecule has 3 heteroatoms. The van der Waals surface area contributed by atoms with Crippen LogP contribution in [0.1, 0.15) is 24.3 Å². The minimum absolute atomic E-state index is 0.370. The zero-order valence-electron chi connectivity index (χ0n) is 6.70. The summed E-state index contributed by atoms with van der Waals surface area (Å²) in [6.45, 7) is 1.95. The van der Waals surface area contributed by atoms with Crippen LogP contribution in [0.2, 0.25) is 0 Å². The zero-order chi connectivity index (χ0) is 8.27. The SMILES string of the molecule is CC[C@@H](O)c1sccc1OC. The quantitative estimate of drug-likeness (QED) is 0.757. The van der Waals surface area contributed by atoms with Crippen molar-refractivity contribution in [2.45, 2.75) is 19.4 Å². The topological polar surface area (TPSA) is 29.5 Å². The summed E-state index contributed by atoms with van der Waals surface area (Å²) < 4.78 is 5.06. The van der Waals surface area contributed by atoms with Crippen molar-refractivity contribution in [3.8, 4) is 5.75 Å². The monoisotopic (exact) mass is 172 g/mol. The molecule has 0 radical (unpaired) electrons. The van der Waals surface area contributed by atoms with Crippen LogP contribution >= 0.6 is 11.3 Å². The minimum atomic E-state index is -0.370. The number of rotatable bonds is 3. The molecule has 1 N–H and O–H groups in total. The number of aliphatic hydroxyl groups excluding tert-OH is 1. The third-order valence-electron chi connectivity index (χ3n) is 1.57. The summed E-state index contributed by atoms with van der Waals surface area (Å²) in [5, 5.41) is 11.4. The Hall–Kier alpha value is -0.540. The van der Waals surface area contributed by atoms with Crippen molar-refractivity contribution >= 4 is 11.3 Å². The van der Waals surface area contributed by atoms with E-state index in [0.717, 1.165) is 17.0 Å². The smallest absolute Gasteiger partial charge is 0.135 e. The molecule has 1 heterocycles. The molecule has 0 amide bonds. The van der Waals surface area contributed by atoms with Gasteiger partial charge in [-0.25, -0.2) is 0 Å². The first-order valence-electron chi connectivity index (χ1n) is 3.59. The van der Waals surface area contributed by atoms with Gasteiger partial charge in [0.15, 0.2) is 0 Å². The molecule has 0 fully saturated rings. The van der Waals surface area contributed by atoms with Crippen LogP contribution in [0.25, 0.3) is 0 Å². The molecule has 0 unspecified atom stereocenters. The van der Waals surface area contributed by atoms with Gasteiger partial charge in [0, 0.05) is 0 Å². The van der Waals surface area contributed by atoms with Gasteiger partial charge in [-0.05, 0) is 17.9 Å². The van der Waals surface area contributed by atoms with E-state index in [2.05, 4.69) is 0 Å². The molecule has 0 aliphatic heterocycles. The van der Waals surface area contributed by atoms with Crippen LogP contribution in [0.3, 0.4) is 0 Å². The maximum atomic E-state index is 9.46. The lowest BCUT2D eigenvalue weighted by Crippen LogP contribution is -1.94. The first-order chi connectivity index (χ1) is 5.29. The Morgan fingerprint density at radius 3 is 3.00 bits per heavy atom. The van der Waals surface area contributed by atoms with Crippen LogP contribution in [0.5, 0.6) is 5.75 Å². The van der Waals surface area contributed by atoms with Gasteiger partial charge in [0.2, 0.25) is 0 Å². The lowest BCUT2D eigenvalue weighted by Gasteiger charge is -2.06. The second-order valence-corrected chi connectivity index (χ2v) is 3.22. The molecule has 62 valence electrons. The van der Waals surface area contributed by atoms with E-state index in [0.29, 0.717) is 0 Å². The highest BCUT2D eigenvalue weighted by atomic mass is 32.1. The largest absolute Gasteiger partial charge is 0.495 e. The molecular formula is C8H12O2S. The van der Waals surface area contributed by atoms with Crippen molar-refractivity contribution < 1.29 is 9.84 Å². The van der Waals surface area contributed by atoms with Crippen LogP contribution < -0.4 is 4.74 Å². The van der Waals surface area contributed by atoms with Gasteiger partial charge >= 0.3 is 0 Å². The molecular weight excluding hydrogens is 160 g/mol. The molecule has 2 nitrogen and oxygen atoms in total. The van der Waals surface area contributed by atoms with Gasteiger partial charge < -0.3 is 9.84 Å². The lowest BCUT2D eigenvalue weighted by molar-refractivity contribution is 0.173. The van der Waals surface area contributed by atoms with E-state index in [9.17, 15) is 5.11 Å². The van der Waals surface area contributed by atoms with Gasteiger partial charge in [-0.15, -0.1) is 11.3 Å². The fraction of sp³-hybridized carbons (Fsp3) is 0.500. The van der Waals surface area contributed by atoms with Gasteiger partial charge in [-0.2, -0.15) is 0 Å². The zero-order valence-corrected chi connectivity index (χ0v) is 7.52. The minimum Gasteiger partial charge on any atom is -0.495 e. The standard InChI is InChI=1S/C8H12O2S/c1-3-6(9)8-7(10-2)4-5-11-8/h4-6,9H,3H2,1-2H3/t6-/m1/s1.